The van der Waals surface area contributed by atoms with Crippen LogP contribution in [0.3, 0.4) is 0 Å². The molecule has 3 N–H and O–H groups in total. The Balaban J connectivity index is 2.41. The van der Waals surface area contributed by atoms with E-state index in [1.165, 1.54) is 24.3 Å². The van der Waals surface area contributed by atoms with Gasteiger partial charge in [-0.05, 0) is 30.3 Å². The highest BCUT2D eigenvalue weighted by Crippen LogP contribution is 2.26. The number of rotatable bonds is 4. The van der Waals surface area contributed by atoms with Crippen LogP contribution in [0.15, 0.2) is 47.4 Å². The van der Waals surface area contributed by atoms with Gasteiger partial charge in [0.2, 0.25) is 0 Å². The van der Waals surface area contributed by atoms with Gasteiger partial charge in [-0.2, -0.15) is 0 Å². The lowest BCUT2D eigenvalue weighted by Crippen LogP contribution is -2.15. The molecule has 4 nitrogen and oxygen atoms in total. The van der Waals surface area contributed by atoms with Gasteiger partial charge in [0, 0.05) is 5.56 Å². The van der Waals surface area contributed by atoms with E-state index in [0.717, 1.165) is 12.1 Å². The van der Waals surface area contributed by atoms with Gasteiger partial charge in [-0.1, -0.05) is 36.0 Å². The molecule has 21 heavy (non-hydrogen) atoms. The number of hydrogen-bond donors (Lipinski definition) is 2. The molecule has 0 radical (unpaired) electrons. The summed E-state index contributed by atoms with van der Waals surface area (Å²) in [6.45, 7) is 0. The molecule has 0 fully saturated rings. The number of anilines is 1. The number of benzene rings is 2. The fraction of sp³-hybridized carbons (Fsp3) is 0. The van der Waals surface area contributed by atoms with Crippen molar-refractivity contribution in [2.75, 3.05) is 4.72 Å². The molecule has 0 bridgehead atoms. The van der Waals surface area contributed by atoms with Gasteiger partial charge in [0.25, 0.3) is 10.0 Å². The van der Waals surface area contributed by atoms with Crippen LogP contribution in [-0.2, 0) is 10.0 Å². The second kappa shape index (κ2) is 5.97. The van der Waals surface area contributed by atoms with Crippen molar-refractivity contribution in [2.24, 2.45) is 5.73 Å². The first kappa shape index (κ1) is 15.7. The maximum atomic E-state index is 13.1. The van der Waals surface area contributed by atoms with Crippen LogP contribution in [0.5, 0.6) is 0 Å². The highest BCUT2D eigenvalue weighted by Gasteiger charge is 2.17. The third-order valence-electron chi connectivity index (χ3n) is 2.60. The Kier molecular flexibility index (Phi) is 4.46. The van der Waals surface area contributed by atoms with Gasteiger partial charge in [-0.15, -0.1) is 0 Å². The second-order valence-electron chi connectivity index (χ2n) is 4.12. The second-order valence-corrected chi connectivity index (χ2v) is 6.65. The number of nitrogens with one attached hydrogen (secondary N) is 1. The van der Waals surface area contributed by atoms with Gasteiger partial charge in [0.05, 0.1) is 15.6 Å². The van der Waals surface area contributed by atoms with Crippen LogP contribution < -0.4 is 10.5 Å². The summed E-state index contributed by atoms with van der Waals surface area (Å²) in [4.78, 5) is -0.0998. The van der Waals surface area contributed by atoms with E-state index in [0.29, 0.717) is 5.56 Å². The Morgan fingerprint density at radius 1 is 1.24 bits per heavy atom. The Labute approximate surface area is 131 Å². The summed E-state index contributed by atoms with van der Waals surface area (Å²) in [5, 5.41) is 0.176. The van der Waals surface area contributed by atoms with E-state index in [4.69, 9.17) is 29.6 Å². The molecule has 110 valence electrons. The van der Waals surface area contributed by atoms with Gasteiger partial charge in [0.1, 0.15) is 10.8 Å². The van der Waals surface area contributed by atoms with Crippen molar-refractivity contribution in [2.45, 2.75) is 4.90 Å². The lowest BCUT2D eigenvalue weighted by Gasteiger charge is -2.11. The zero-order valence-electron chi connectivity index (χ0n) is 10.5. The van der Waals surface area contributed by atoms with E-state index in [1.54, 1.807) is 6.07 Å². The van der Waals surface area contributed by atoms with E-state index >= 15 is 0 Å². The number of hydrogen-bond acceptors (Lipinski definition) is 3. The van der Waals surface area contributed by atoms with Crippen LogP contribution >= 0.6 is 23.8 Å². The lowest BCUT2D eigenvalue weighted by molar-refractivity contribution is 0.595. The Hall–Kier alpha value is -1.70. The van der Waals surface area contributed by atoms with Crippen molar-refractivity contribution in [3.8, 4) is 0 Å². The van der Waals surface area contributed by atoms with Crippen LogP contribution in [-0.4, -0.2) is 13.4 Å². The van der Waals surface area contributed by atoms with Crippen LogP contribution in [0.2, 0.25) is 5.02 Å². The van der Waals surface area contributed by atoms with Crippen molar-refractivity contribution in [1.29, 1.82) is 0 Å². The average Bonchev–Trinajstić information content (AvgIpc) is 2.41. The molecule has 0 amide bonds. The van der Waals surface area contributed by atoms with Crippen molar-refractivity contribution < 1.29 is 12.8 Å². The van der Waals surface area contributed by atoms with Gasteiger partial charge >= 0.3 is 0 Å². The van der Waals surface area contributed by atoms with Gasteiger partial charge in [-0.3, -0.25) is 4.72 Å². The molecular weight excluding hydrogens is 335 g/mol. The molecule has 0 heterocycles. The third kappa shape index (κ3) is 3.69. The van der Waals surface area contributed by atoms with Crippen molar-refractivity contribution in [3.05, 3.63) is 58.9 Å². The topological polar surface area (TPSA) is 72.2 Å². The maximum Gasteiger partial charge on any atom is 0.262 e. The number of halogens is 2. The monoisotopic (exact) mass is 344 g/mol. The first-order valence-electron chi connectivity index (χ1n) is 5.67. The zero-order chi connectivity index (χ0) is 15.6. The number of sulfonamides is 1. The lowest BCUT2D eigenvalue weighted by atomic mass is 10.2. The first-order chi connectivity index (χ1) is 9.79. The average molecular weight is 345 g/mol. The van der Waals surface area contributed by atoms with Crippen LogP contribution in [0.1, 0.15) is 5.56 Å². The fourth-order valence-corrected chi connectivity index (χ4v) is 3.04. The quantitative estimate of drug-likeness (QED) is 0.836. The Bertz CT molecular complexity index is 810. The van der Waals surface area contributed by atoms with Crippen LogP contribution in [0.25, 0.3) is 0 Å². The predicted molar refractivity (Wildman–Crippen MR) is 84.5 cm³/mol. The van der Waals surface area contributed by atoms with Crippen LogP contribution in [0.4, 0.5) is 10.1 Å². The smallest absolute Gasteiger partial charge is 0.262 e. The minimum absolute atomic E-state index is 0.109. The molecule has 0 spiro atoms. The highest BCUT2D eigenvalue weighted by molar-refractivity contribution is 7.92. The minimum Gasteiger partial charge on any atom is -0.389 e. The summed E-state index contributed by atoms with van der Waals surface area (Å²) < 4.78 is 39.8. The summed E-state index contributed by atoms with van der Waals surface area (Å²) in [6.07, 6.45) is 0. The molecule has 0 aliphatic rings. The summed E-state index contributed by atoms with van der Waals surface area (Å²) >= 11 is 10.8. The van der Waals surface area contributed by atoms with Crippen LogP contribution in [0, 0.1) is 5.82 Å². The van der Waals surface area contributed by atoms with E-state index in [1.807, 2.05) is 0 Å². The van der Waals surface area contributed by atoms with Gasteiger partial charge < -0.3 is 5.73 Å². The maximum absolute atomic E-state index is 13.1. The standard InChI is InChI=1S/C13H10ClFN2O2S2/c14-11-5-4-8(13(16)20)6-12(11)17-21(18,19)10-3-1-2-9(15)7-10/h1-7,17H,(H2,16,20). The summed E-state index contributed by atoms with van der Waals surface area (Å²) in [7, 11) is -3.96. The molecule has 2 aromatic carbocycles. The third-order valence-corrected chi connectivity index (χ3v) is 4.53. The summed E-state index contributed by atoms with van der Waals surface area (Å²) in [6, 6.07) is 9.10. The van der Waals surface area contributed by atoms with Crippen molar-refractivity contribution >= 4 is 44.5 Å². The van der Waals surface area contributed by atoms with E-state index in [2.05, 4.69) is 4.72 Å². The molecule has 2 rings (SSSR count). The molecular formula is C13H10ClFN2O2S2. The van der Waals surface area contributed by atoms with E-state index < -0.39 is 15.8 Å². The number of nitrogens with two attached hydrogens (primary N) is 1. The number of thiocarbonyl (C=S) groups is 1. The highest BCUT2D eigenvalue weighted by atomic mass is 35.5. The molecule has 0 aliphatic heterocycles. The molecule has 0 atom stereocenters. The summed E-state index contributed by atoms with van der Waals surface area (Å²) in [5.41, 5.74) is 6.07. The molecule has 0 aromatic heterocycles. The van der Waals surface area contributed by atoms with Gasteiger partial charge in [-0.25, -0.2) is 12.8 Å². The zero-order valence-corrected chi connectivity index (χ0v) is 12.9. The fourth-order valence-electron chi connectivity index (χ4n) is 1.59. The SMILES string of the molecule is NC(=S)c1ccc(Cl)c(NS(=O)(=O)c2cccc(F)c2)c1. The first-order valence-corrected chi connectivity index (χ1v) is 7.94. The molecule has 0 saturated carbocycles. The van der Waals surface area contributed by atoms with Gasteiger partial charge in [0.15, 0.2) is 0 Å². The Morgan fingerprint density at radius 2 is 1.95 bits per heavy atom. The normalized spacial score (nSPS) is 11.1. The minimum atomic E-state index is -3.96. The van der Waals surface area contributed by atoms with Crippen molar-refractivity contribution in [1.82, 2.24) is 0 Å². The molecule has 8 heteroatoms. The molecule has 0 saturated heterocycles. The van der Waals surface area contributed by atoms with E-state index in [-0.39, 0.29) is 20.6 Å². The largest absolute Gasteiger partial charge is 0.389 e. The van der Waals surface area contributed by atoms with E-state index in [9.17, 15) is 12.8 Å². The Morgan fingerprint density at radius 3 is 2.57 bits per heavy atom. The molecule has 0 aliphatic carbocycles. The predicted octanol–water partition coefficient (Wildman–Crippen LogP) is 2.91. The molecule has 0 unspecified atom stereocenters. The molecule has 2 aromatic rings. The summed E-state index contributed by atoms with van der Waals surface area (Å²) in [5.74, 6) is -0.652. The van der Waals surface area contributed by atoms with Crippen molar-refractivity contribution in [3.63, 3.8) is 0 Å².